The molecule has 0 saturated carbocycles. The fraction of sp³-hybridized carbons (Fsp3) is 0.538. The molecule has 1 nitrogen and oxygen atoms in total. The third-order valence-corrected chi connectivity index (χ3v) is 2.43. The molecule has 0 aromatic heterocycles. The lowest BCUT2D eigenvalue weighted by Crippen LogP contribution is -1.89. The van der Waals surface area contributed by atoms with Gasteiger partial charge in [-0.2, -0.15) is 0 Å². The van der Waals surface area contributed by atoms with Gasteiger partial charge in [0.25, 0.3) is 0 Å². The van der Waals surface area contributed by atoms with E-state index in [-0.39, 0.29) is 0 Å². The summed E-state index contributed by atoms with van der Waals surface area (Å²) in [5.41, 5.74) is 1.33. The van der Waals surface area contributed by atoms with Crippen LogP contribution in [0.15, 0.2) is 24.3 Å². The Balaban J connectivity index is 2.21. The highest BCUT2D eigenvalue weighted by Crippen LogP contribution is 2.13. The molecule has 0 amide bonds. The van der Waals surface area contributed by atoms with Crippen LogP contribution in [-0.2, 0) is 6.42 Å². The first-order valence-electron chi connectivity index (χ1n) is 5.46. The Morgan fingerprint density at radius 1 is 1.07 bits per heavy atom. The third kappa shape index (κ3) is 4.31. The molecule has 1 rings (SSSR count). The first kappa shape index (κ1) is 11.1. The van der Waals surface area contributed by atoms with Crippen LogP contribution in [0.1, 0.15) is 38.7 Å². The average molecular weight is 192 g/mol. The lowest BCUT2D eigenvalue weighted by molar-refractivity contribution is 0.475. The van der Waals surface area contributed by atoms with Gasteiger partial charge in [0.15, 0.2) is 0 Å². The Morgan fingerprint density at radius 3 is 2.29 bits per heavy atom. The van der Waals surface area contributed by atoms with Crippen molar-refractivity contribution in [2.45, 2.75) is 39.5 Å². The van der Waals surface area contributed by atoms with Crippen LogP contribution in [0.5, 0.6) is 5.75 Å². The van der Waals surface area contributed by atoms with E-state index in [4.69, 9.17) is 5.11 Å². The maximum Gasteiger partial charge on any atom is 0.115 e. The van der Waals surface area contributed by atoms with E-state index in [9.17, 15) is 0 Å². The van der Waals surface area contributed by atoms with Crippen LogP contribution in [0.4, 0.5) is 0 Å². The highest BCUT2D eigenvalue weighted by Gasteiger charge is 1.96. The molecule has 1 aromatic carbocycles. The Hall–Kier alpha value is -0.980. The van der Waals surface area contributed by atoms with E-state index < -0.39 is 0 Å². The summed E-state index contributed by atoms with van der Waals surface area (Å²) in [5.74, 6) is 1.17. The molecule has 0 radical (unpaired) electrons. The quantitative estimate of drug-likeness (QED) is 0.704. The monoisotopic (exact) mass is 192 g/mol. The van der Waals surface area contributed by atoms with Gasteiger partial charge in [0, 0.05) is 0 Å². The van der Waals surface area contributed by atoms with Gasteiger partial charge in [0.2, 0.25) is 0 Å². The average Bonchev–Trinajstić information content (AvgIpc) is 2.15. The second-order valence-electron chi connectivity index (χ2n) is 4.31. The molecule has 0 saturated heterocycles. The molecule has 0 unspecified atom stereocenters. The van der Waals surface area contributed by atoms with Crippen molar-refractivity contribution in [3.8, 4) is 5.75 Å². The lowest BCUT2D eigenvalue weighted by Gasteiger charge is -2.04. The first-order chi connectivity index (χ1) is 6.68. The van der Waals surface area contributed by atoms with Crippen LogP contribution >= 0.6 is 0 Å². The fourth-order valence-electron chi connectivity index (χ4n) is 1.54. The van der Waals surface area contributed by atoms with Gasteiger partial charge in [0.1, 0.15) is 5.75 Å². The van der Waals surface area contributed by atoms with Gasteiger partial charge < -0.3 is 5.11 Å². The molecule has 1 heteroatoms. The zero-order valence-electron chi connectivity index (χ0n) is 9.16. The largest absolute Gasteiger partial charge is 0.508 e. The summed E-state index contributed by atoms with van der Waals surface area (Å²) in [7, 11) is 0. The number of rotatable bonds is 5. The number of benzene rings is 1. The number of hydrogen-bond donors (Lipinski definition) is 1. The summed E-state index contributed by atoms with van der Waals surface area (Å²) >= 11 is 0. The van der Waals surface area contributed by atoms with Gasteiger partial charge in [-0.25, -0.2) is 0 Å². The molecule has 0 aliphatic carbocycles. The lowest BCUT2D eigenvalue weighted by atomic mass is 10.0. The molecule has 14 heavy (non-hydrogen) atoms. The number of unbranched alkanes of at least 4 members (excludes halogenated alkanes) is 1. The molecular weight excluding hydrogens is 172 g/mol. The number of phenols is 1. The maximum atomic E-state index is 9.10. The molecule has 0 fully saturated rings. The van der Waals surface area contributed by atoms with E-state index in [1.165, 1.54) is 24.8 Å². The van der Waals surface area contributed by atoms with Crippen molar-refractivity contribution >= 4 is 0 Å². The summed E-state index contributed by atoms with van der Waals surface area (Å²) in [4.78, 5) is 0. The summed E-state index contributed by atoms with van der Waals surface area (Å²) in [6.45, 7) is 4.53. The highest BCUT2D eigenvalue weighted by atomic mass is 16.3. The number of aromatic hydroxyl groups is 1. The molecular formula is C13H20O. The van der Waals surface area contributed by atoms with E-state index in [0.29, 0.717) is 5.75 Å². The molecule has 0 bridgehead atoms. The van der Waals surface area contributed by atoms with Crippen molar-refractivity contribution in [2.24, 2.45) is 5.92 Å². The summed E-state index contributed by atoms with van der Waals surface area (Å²) in [6.07, 6.45) is 5.01. The zero-order valence-corrected chi connectivity index (χ0v) is 9.16. The van der Waals surface area contributed by atoms with E-state index in [2.05, 4.69) is 13.8 Å². The summed E-state index contributed by atoms with van der Waals surface area (Å²) < 4.78 is 0. The van der Waals surface area contributed by atoms with Crippen molar-refractivity contribution in [3.05, 3.63) is 29.8 Å². The van der Waals surface area contributed by atoms with Crippen molar-refractivity contribution in [1.29, 1.82) is 0 Å². The molecule has 0 aliphatic rings. The van der Waals surface area contributed by atoms with Gasteiger partial charge in [0.05, 0.1) is 0 Å². The van der Waals surface area contributed by atoms with Gasteiger partial charge in [-0.1, -0.05) is 38.8 Å². The van der Waals surface area contributed by atoms with Crippen LogP contribution in [-0.4, -0.2) is 5.11 Å². The predicted molar refractivity (Wildman–Crippen MR) is 60.5 cm³/mol. The van der Waals surface area contributed by atoms with Crippen LogP contribution in [0.25, 0.3) is 0 Å². The van der Waals surface area contributed by atoms with Gasteiger partial charge >= 0.3 is 0 Å². The van der Waals surface area contributed by atoms with Crippen molar-refractivity contribution in [1.82, 2.24) is 0 Å². The smallest absolute Gasteiger partial charge is 0.115 e. The van der Waals surface area contributed by atoms with Crippen LogP contribution < -0.4 is 0 Å². The van der Waals surface area contributed by atoms with Gasteiger partial charge in [-0.05, 0) is 36.5 Å². The first-order valence-corrected chi connectivity index (χ1v) is 5.46. The molecule has 0 spiro atoms. The van der Waals surface area contributed by atoms with Crippen molar-refractivity contribution < 1.29 is 5.11 Å². The van der Waals surface area contributed by atoms with Crippen LogP contribution in [0, 0.1) is 5.92 Å². The maximum absolute atomic E-state index is 9.10. The molecule has 0 aliphatic heterocycles. The van der Waals surface area contributed by atoms with E-state index in [1.54, 1.807) is 12.1 Å². The van der Waals surface area contributed by atoms with E-state index >= 15 is 0 Å². The minimum absolute atomic E-state index is 0.357. The highest BCUT2D eigenvalue weighted by molar-refractivity contribution is 5.25. The number of aryl methyl sites for hydroxylation is 1. The Kier molecular flexibility index (Phi) is 4.51. The van der Waals surface area contributed by atoms with E-state index in [0.717, 1.165) is 12.3 Å². The second kappa shape index (κ2) is 5.69. The van der Waals surface area contributed by atoms with Crippen molar-refractivity contribution in [2.75, 3.05) is 0 Å². The standard InChI is InChI=1S/C13H20O/c1-11(2)5-3-4-6-12-7-9-13(14)10-8-12/h7-11,14H,3-6H2,1-2H3. The Morgan fingerprint density at radius 2 is 1.71 bits per heavy atom. The number of phenolic OH excluding ortho intramolecular Hbond substituents is 1. The topological polar surface area (TPSA) is 20.2 Å². The Bertz CT molecular complexity index is 248. The van der Waals surface area contributed by atoms with Gasteiger partial charge in [-0.3, -0.25) is 0 Å². The van der Waals surface area contributed by atoms with Crippen LogP contribution in [0.2, 0.25) is 0 Å². The summed E-state index contributed by atoms with van der Waals surface area (Å²) in [6, 6.07) is 7.53. The van der Waals surface area contributed by atoms with Gasteiger partial charge in [-0.15, -0.1) is 0 Å². The van der Waals surface area contributed by atoms with Crippen molar-refractivity contribution in [3.63, 3.8) is 0 Å². The Labute approximate surface area is 86.8 Å². The SMILES string of the molecule is CC(C)CCCCc1ccc(O)cc1. The molecule has 78 valence electrons. The predicted octanol–water partition coefficient (Wildman–Crippen LogP) is 3.76. The van der Waals surface area contributed by atoms with Crippen LogP contribution in [0.3, 0.4) is 0 Å². The fourth-order valence-corrected chi connectivity index (χ4v) is 1.54. The molecule has 0 heterocycles. The minimum Gasteiger partial charge on any atom is -0.508 e. The normalized spacial score (nSPS) is 10.8. The summed E-state index contributed by atoms with van der Waals surface area (Å²) in [5, 5.41) is 9.10. The second-order valence-corrected chi connectivity index (χ2v) is 4.31. The zero-order chi connectivity index (χ0) is 10.4. The third-order valence-electron chi connectivity index (χ3n) is 2.43. The molecule has 1 aromatic rings. The molecule has 0 atom stereocenters. The molecule has 1 N–H and O–H groups in total. The number of hydrogen-bond acceptors (Lipinski definition) is 1. The minimum atomic E-state index is 0.357. The van der Waals surface area contributed by atoms with E-state index in [1.807, 2.05) is 12.1 Å².